The highest BCUT2D eigenvalue weighted by Gasteiger charge is 2.21. The highest BCUT2D eigenvalue weighted by Crippen LogP contribution is 2.45. The van der Waals surface area contributed by atoms with Crippen LogP contribution in [0.3, 0.4) is 0 Å². The topological polar surface area (TPSA) is 46.9 Å². The molecule has 150 valence electrons. The van der Waals surface area contributed by atoms with Crippen molar-refractivity contribution >= 4 is 46.7 Å². The normalized spacial score (nSPS) is 14.3. The Morgan fingerprint density at radius 1 is 1.17 bits per heavy atom. The molecule has 1 fully saturated rings. The maximum absolute atomic E-state index is 13.0. The molecule has 1 aliphatic rings. The van der Waals surface area contributed by atoms with Crippen LogP contribution < -0.4 is 5.32 Å². The molecule has 0 saturated carbocycles. The second kappa shape index (κ2) is 8.86. The van der Waals surface area contributed by atoms with E-state index in [9.17, 15) is 4.79 Å². The number of aromatic nitrogens is 2. The SMILES string of the molecule is Cc1nn(Cc2ccccc2Cl)c(C)c1C(=O)Nc1cccc(C2SCCS2)c1. The van der Waals surface area contributed by atoms with E-state index in [1.807, 2.05) is 78.5 Å². The zero-order chi connectivity index (χ0) is 20.4. The van der Waals surface area contributed by atoms with Gasteiger partial charge in [0, 0.05) is 27.9 Å². The molecule has 0 bridgehead atoms. The van der Waals surface area contributed by atoms with Gasteiger partial charge in [-0.3, -0.25) is 9.48 Å². The minimum Gasteiger partial charge on any atom is -0.322 e. The van der Waals surface area contributed by atoms with E-state index in [2.05, 4.69) is 22.5 Å². The average molecular weight is 444 g/mol. The maximum Gasteiger partial charge on any atom is 0.259 e. The van der Waals surface area contributed by atoms with Gasteiger partial charge in [-0.2, -0.15) is 5.10 Å². The average Bonchev–Trinajstić information content (AvgIpc) is 3.32. The fourth-order valence-electron chi connectivity index (χ4n) is 3.47. The molecule has 29 heavy (non-hydrogen) atoms. The van der Waals surface area contributed by atoms with Crippen LogP contribution in [0.2, 0.25) is 5.02 Å². The summed E-state index contributed by atoms with van der Waals surface area (Å²) in [5.41, 5.74) is 5.21. The summed E-state index contributed by atoms with van der Waals surface area (Å²) in [6, 6.07) is 15.8. The number of anilines is 1. The van der Waals surface area contributed by atoms with E-state index in [0.29, 0.717) is 27.4 Å². The van der Waals surface area contributed by atoms with E-state index >= 15 is 0 Å². The van der Waals surface area contributed by atoms with Gasteiger partial charge >= 0.3 is 0 Å². The molecular weight excluding hydrogens is 422 g/mol. The quantitative estimate of drug-likeness (QED) is 0.530. The molecule has 0 spiro atoms. The third kappa shape index (κ3) is 4.49. The minimum atomic E-state index is -0.130. The number of carbonyl (C=O) groups excluding carboxylic acids is 1. The summed E-state index contributed by atoms with van der Waals surface area (Å²) >= 11 is 10.2. The van der Waals surface area contributed by atoms with Gasteiger partial charge in [-0.1, -0.05) is 41.9 Å². The largest absolute Gasteiger partial charge is 0.322 e. The first kappa shape index (κ1) is 20.4. The second-order valence-corrected chi connectivity index (χ2v) is 10.1. The van der Waals surface area contributed by atoms with Gasteiger partial charge < -0.3 is 5.32 Å². The van der Waals surface area contributed by atoms with Crippen molar-refractivity contribution in [3.8, 4) is 0 Å². The van der Waals surface area contributed by atoms with Gasteiger partial charge in [-0.15, -0.1) is 23.5 Å². The first-order valence-corrected chi connectivity index (χ1v) is 11.9. The summed E-state index contributed by atoms with van der Waals surface area (Å²) in [6.45, 7) is 4.33. The molecular formula is C22H22ClN3OS2. The number of halogens is 1. The van der Waals surface area contributed by atoms with Gasteiger partial charge in [0.2, 0.25) is 0 Å². The van der Waals surface area contributed by atoms with E-state index in [0.717, 1.165) is 16.9 Å². The number of amides is 1. The number of aryl methyl sites for hydroxylation is 1. The number of carbonyl (C=O) groups is 1. The number of rotatable bonds is 5. The minimum absolute atomic E-state index is 0.130. The van der Waals surface area contributed by atoms with Crippen LogP contribution in [0.4, 0.5) is 5.69 Å². The van der Waals surface area contributed by atoms with Gasteiger partial charge in [0.15, 0.2) is 0 Å². The van der Waals surface area contributed by atoms with Crippen molar-refractivity contribution in [1.29, 1.82) is 0 Å². The standard InChI is InChI=1S/C22H22ClN3OS2/c1-14-20(15(2)26(25-14)13-17-6-3-4-9-19(17)23)21(27)24-18-8-5-7-16(12-18)22-28-10-11-29-22/h3-9,12,22H,10-11,13H2,1-2H3,(H,24,27). The van der Waals surface area contributed by atoms with Gasteiger partial charge in [0.25, 0.3) is 5.91 Å². The summed E-state index contributed by atoms with van der Waals surface area (Å²) < 4.78 is 2.29. The van der Waals surface area contributed by atoms with Crippen molar-refractivity contribution in [2.45, 2.75) is 25.0 Å². The highest BCUT2D eigenvalue weighted by molar-refractivity contribution is 8.19. The molecule has 1 N–H and O–H groups in total. The first-order valence-electron chi connectivity index (χ1n) is 9.45. The molecule has 1 aromatic heterocycles. The Morgan fingerprint density at radius 3 is 2.69 bits per heavy atom. The molecule has 2 aromatic carbocycles. The molecule has 0 aliphatic carbocycles. The number of hydrogen-bond donors (Lipinski definition) is 1. The van der Waals surface area contributed by atoms with Crippen molar-refractivity contribution < 1.29 is 4.79 Å². The van der Waals surface area contributed by atoms with Crippen LogP contribution in [0.15, 0.2) is 48.5 Å². The predicted octanol–water partition coefficient (Wildman–Crippen LogP) is 5.93. The van der Waals surface area contributed by atoms with Gasteiger partial charge in [-0.05, 0) is 43.2 Å². The van der Waals surface area contributed by atoms with Crippen molar-refractivity contribution in [2.75, 3.05) is 16.8 Å². The number of nitrogens with zero attached hydrogens (tertiary/aromatic N) is 2. The van der Waals surface area contributed by atoms with Crippen LogP contribution in [-0.4, -0.2) is 27.2 Å². The van der Waals surface area contributed by atoms with Crippen molar-refractivity contribution in [3.63, 3.8) is 0 Å². The van der Waals surface area contributed by atoms with Crippen molar-refractivity contribution in [1.82, 2.24) is 9.78 Å². The zero-order valence-corrected chi connectivity index (χ0v) is 18.7. The van der Waals surface area contributed by atoms with Crippen molar-refractivity contribution in [3.05, 3.63) is 81.6 Å². The second-order valence-electron chi connectivity index (χ2n) is 6.95. The molecule has 2 heterocycles. The lowest BCUT2D eigenvalue weighted by molar-refractivity contribution is 0.102. The molecule has 4 nitrogen and oxygen atoms in total. The summed E-state index contributed by atoms with van der Waals surface area (Å²) in [7, 11) is 0. The summed E-state index contributed by atoms with van der Waals surface area (Å²) in [5, 5.41) is 8.34. The lowest BCUT2D eigenvalue weighted by Gasteiger charge is -2.11. The molecule has 1 amide bonds. The Morgan fingerprint density at radius 2 is 1.93 bits per heavy atom. The van der Waals surface area contributed by atoms with Crippen LogP contribution in [0.5, 0.6) is 0 Å². The van der Waals surface area contributed by atoms with E-state index in [4.69, 9.17) is 11.6 Å². The Bertz CT molecular complexity index is 1040. The Hall–Kier alpha value is -1.89. The third-order valence-corrected chi connectivity index (χ3v) is 8.40. The third-order valence-electron chi connectivity index (χ3n) is 4.92. The Balaban J connectivity index is 1.54. The monoisotopic (exact) mass is 443 g/mol. The van der Waals surface area contributed by atoms with Gasteiger partial charge in [0.05, 0.1) is 22.4 Å². The lowest BCUT2D eigenvalue weighted by Crippen LogP contribution is -2.14. The molecule has 1 saturated heterocycles. The molecule has 4 rings (SSSR count). The van der Waals surface area contributed by atoms with Gasteiger partial charge in [0.1, 0.15) is 0 Å². The maximum atomic E-state index is 13.0. The molecule has 0 radical (unpaired) electrons. The van der Waals surface area contributed by atoms with Gasteiger partial charge in [-0.25, -0.2) is 0 Å². The number of thioether (sulfide) groups is 2. The molecule has 7 heteroatoms. The van der Waals surface area contributed by atoms with E-state index in [1.54, 1.807) is 0 Å². The molecule has 0 unspecified atom stereocenters. The van der Waals surface area contributed by atoms with Crippen LogP contribution in [-0.2, 0) is 6.54 Å². The Kier molecular flexibility index (Phi) is 6.23. The fourth-order valence-corrected chi connectivity index (χ4v) is 6.51. The summed E-state index contributed by atoms with van der Waals surface area (Å²) in [5.74, 6) is 2.22. The van der Waals surface area contributed by atoms with Crippen LogP contribution in [0.25, 0.3) is 0 Å². The fraction of sp³-hybridized carbons (Fsp3) is 0.273. The van der Waals surface area contributed by atoms with Crippen LogP contribution in [0.1, 0.15) is 37.5 Å². The smallest absolute Gasteiger partial charge is 0.259 e. The molecule has 1 aliphatic heterocycles. The zero-order valence-electron chi connectivity index (χ0n) is 16.3. The summed E-state index contributed by atoms with van der Waals surface area (Å²) in [6.07, 6.45) is 0. The van der Waals surface area contributed by atoms with Crippen molar-refractivity contribution in [2.24, 2.45) is 0 Å². The summed E-state index contributed by atoms with van der Waals surface area (Å²) in [4.78, 5) is 13.0. The number of benzene rings is 2. The lowest BCUT2D eigenvalue weighted by atomic mass is 10.1. The number of nitrogens with one attached hydrogen (secondary N) is 1. The Labute approximate surface area is 184 Å². The van der Waals surface area contributed by atoms with E-state index in [1.165, 1.54) is 17.1 Å². The predicted molar refractivity (Wildman–Crippen MR) is 124 cm³/mol. The molecule has 0 atom stereocenters. The molecule has 3 aromatic rings. The van der Waals surface area contributed by atoms with Crippen LogP contribution in [0, 0.1) is 13.8 Å². The van der Waals surface area contributed by atoms with Crippen LogP contribution >= 0.6 is 35.1 Å². The first-order chi connectivity index (χ1) is 14.0. The number of hydrogen-bond acceptors (Lipinski definition) is 4. The van der Waals surface area contributed by atoms with E-state index < -0.39 is 0 Å². The highest BCUT2D eigenvalue weighted by atomic mass is 35.5. The van der Waals surface area contributed by atoms with E-state index in [-0.39, 0.29) is 5.91 Å².